The standard InChI is InChI=1S/C21H20N2O4S/c1-27-14-21(24)23-12-11-16-9-10-17(13-19(16)23)22-28(25,26)20-8-4-6-15-5-2-3-7-18(15)20/h2-10,13,22H,11-12,14H2,1H3. The number of amides is 1. The van der Waals surface area contributed by atoms with E-state index in [1.807, 2.05) is 30.3 Å². The van der Waals surface area contributed by atoms with Gasteiger partial charge in [-0.15, -0.1) is 0 Å². The van der Waals surface area contributed by atoms with Crippen LogP contribution in [0, 0.1) is 0 Å². The molecule has 28 heavy (non-hydrogen) atoms. The third kappa shape index (κ3) is 3.34. The lowest BCUT2D eigenvalue weighted by molar-refractivity contribution is -0.122. The van der Waals surface area contributed by atoms with Crippen molar-refractivity contribution in [3.05, 3.63) is 66.2 Å². The summed E-state index contributed by atoms with van der Waals surface area (Å²) in [4.78, 5) is 14.1. The van der Waals surface area contributed by atoms with Crippen LogP contribution in [0.3, 0.4) is 0 Å². The van der Waals surface area contributed by atoms with Crippen molar-refractivity contribution in [3.8, 4) is 0 Å². The van der Waals surface area contributed by atoms with Gasteiger partial charge in [0.15, 0.2) is 0 Å². The molecule has 0 unspecified atom stereocenters. The first-order valence-electron chi connectivity index (χ1n) is 8.92. The molecule has 0 radical (unpaired) electrons. The Bertz CT molecular complexity index is 1150. The number of carbonyl (C=O) groups excluding carboxylic acids is 1. The normalized spacial score (nSPS) is 13.5. The molecule has 0 saturated carbocycles. The maximum Gasteiger partial charge on any atom is 0.262 e. The molecule has 3 aromatic carbocycles. The number of anilines is 2. The first kappa shape index (κ1) is 18.5. The van der Waals surface area contributed by atoms with E-state index < -0.39 is 10.0 Å². The van der Waals surface area contributed by atoms with Crippen LogP contribution in [-0.2, 0) is 26.0 Å². The average Bonchev–Trinajstić information content (AvgIpc) is 3.10. The third-order valence-corrected chi connectivity index (χ3v) is 6.28. The summed E-state index contributed by atoms with van der Waals surface area (Å²) in [6.45, 7) is 0.558. The maximum atomic E-state index is 13.0. The molecule has 0 atom stereocenters. The molecule has 1 aliphatic heterocycles. The summed E-state index contributed by atoms with van der Waals surface area (Å²) in [6, 6.07) is 17.8. The Kier molecular flexibility index (Phi) is 4.78. The van der Waals surface area contributed by atoms with Gasteiger partial charge in [-0.1, -0.05) is 42.5 Å². The van der Waals surface area contributed by atoms with Crippen molar-refractivity contribution >= 4 is 38.1 Å². The van der Waals surface area contributed by atoms with Crippen LogP contribution in [0.15, 0.2) is 65.6 Å². The van der Waals surface area contributed by atoms with Crippen LogP contribution in [0.25, 0.3) is 10.8 Å². The predicted molar refractivity (Wildman–Crippen MR) is 109 cm³/mol. The molecule has 1 amide bonds. The zero-order valence-electron chi connectivity index (χ0n) is 15.4. The van der Waals surface area contributed by atoms with Crippen LogP contribution >= 0.6 is 0 Å². The van der Waals surface area contributed by atoms with E-state index >= 15 is 0 Å². The summed E-state index contributed by atoms with van der Waals surface area (Å²) in [5.74, 6) is -0.143. The highest BCUT2D eigenvalue weighted by molar-refractivity contribution is 7.93. The van der Waals surface area contributed by atoms with Crippen molar-refractivity contribution in [1.82, 2.24) is 0 Å². The zero-order chi connectivity index (χ0) is 19.7. The van der Waals surface area contributed by atoms with Crippen LogP contribution in [-0.4, -0.2) is 34.6 Å². The van der Waals surface area contributed by atoms with E-state index in [0.717, 1.165) is 23.1 Å². The van der Waals surface area contributed by atoms with Crippen molar-refractivity contribution in [2.45, 2.75) is 11.3 Å². The van der Waals surface area contributed by atoms with Crippen molar-refractivity contribution in [2.24, 2.45) is 0 Å². The number of nitrogens with one attached hydrogen (secondary N) is 1. The monoisotopic (exact) mass is 396 g/mol. The lowest BCUT2D eigenvalue weighted by Crippen LogP contribution is -2.32. The first-order chi connectivity index (χ1) is 13.5. The Morgan fingerprint density at radius 1 is 1.11 bits per heavy atom. The summed E-state index contributed by atoms with van der Waals surface area (Å²) in [6.07, 6.45) is 0.737. The van der Waals surface area contributed by atoms with E-state index in [0.29, 0.717) is 17.6 Å². The second-order valence-corrected chi connectivity index (χ2v) is 8.31. The fraction of sp³-hybridized carbons (Fsp3) is 0.190. The molecule has 1 N–H and O–H groups in total. The number of benzene rings is 3. The number of hydrogen-bond donors (Lipinski definition) is 1. The average molecular weight is 396 g/mol. The topological polar surface area (TPSA) is 75.7 Å². The molecule has 144 valence electrons. The predicted octanol–water partition coefficient (Wildman–Crippen LogP) is 3.18. The molecule has 0 spiro atoms. The molecule has 3 aromatic rings. The van der Waals surface area contributed by atoms with Crippen LogP contribution < -0.4 is 9.62 Å². The molecule has 1 aliphatic rings. The minimum absolute atomic E-state index is 0.00853. The molecular formula is C21H20N2O4S. The molecule has 0 fully saturated rings. The smallest absolute Gasteiger partial charge is 0.262 e. The van der Waals surface area contributed by atoms with E-state index in [9.17, 15) is 13.2 Å². The fourth-order valence-corrected chi connectivity index (χ4v) is 4.82. The van der Waals surface area contributed by atoms with Crippen molar-refractivity contribution in [1.29, 1.82) is 0 Å². The van der Waals surface area contributed by atoms with E-state index in [2.05, 4.69) is 4.72 Å². The molecule has 0 aromatic heterocycles. The second-order valence-electron chi connectivity index (χ2n) is 6.65. The molecule has 0 saturated heterocycles. The van der Waals surface area contributed by atoms with Gasteiger partial charge in [-0.3, -0.25) is 9.52 Å². The summed E-state index contributed by atoms with van der Waals surface area (Å²) < 4.78 is 33.6. The van der Waals surface area contributed by atoms with Gasteiger partial charge in [0.2, 0.25) is 0 Å². The summed E-state index contributed by atoms with van der Waals surface area (Å²) >= 11 is 0. The van der Waals surface area contributed by atoms with Gasteiger partial charge in [0.1, 0.15) is 6.61 Å². The highest BCUT2D eigenvalue weighted by Crippen LogP contribution is 2.32. The van der Waals surface area contributed by atoms with Crippen LogP contribution in [0.2, 0.25) is 0 Å². The van der Waals surface area contributed by atoms with Gasteiger partial charge in [-0.25, -0.2) is 8.42 Å². The Morgan fingerprint density at radius 3 is 2.71 bits per heavy atom. The molecule has 0 aliphatic carbocycles. The van der Waals surface area contributed by atoms with Crippen LogP contribution in [0.1, 0.15) is 5.56 Å². The Hall–Kier alpha value is -2.90. The van der Waals surface area contributed by atoms with Gasteiger partial charge in [0.05, 0.1) is 10.6 Å². The summed E-state index contributed by atoms with van der Waals surface area (Å²) in [7, 11) is -2.31. The largest absolute Gasteiger partial charge is 0.375 e. The zero-order valence-corrected chi connectivity index (χ0v) is 16.2. The van der Waals surface area contributed by atoms with Gasteiger partial charge in [-0.2, -0.15) is 0 Å². The van der Waals surface area contributed by atoms with Gasteiger partial charge in [0, 0.05) is 24.7 Å². The van der Waals surface area contributed by atoms with Crippen LogP contribution in [0.4, 0.5) is 11.4 Å². The van der Waals surface area contributed by atoms with Crippen molar-refractivity contribution < 1.29 is 17.9 Å². The Morgan fingerprint density at radius 2 is 1.89 bits per heavy atom. The molecule has 7 heteroatoms. The Labute approximate surface area is 163 Å². The number of hydrogen-bond acceptors (Lipinski definition) is 4. The lowest BCUT2D eigenvalue weighted by Gasteiger charge is -2.18. The van der Waals surface area contributed by atoms with E-state index in [1.165, 1.54) is 7.11 Å². The molecule has 6 nitrogen and oxygen atoms in total. The summed E-state index contributed by atoms with van der Waals surface area (Å²) in [5.41, 5.74) is 2.15. The number of methoxy groups -OCH3 is 1. The van der Waals surface area contributed by atoms with E-state index in [4.69, 9.17) is 4.74 Å². The van der Waals surface area contributed by atoms with Gasteiger partial charge >= 0.3 is 0 Å². The number of ether oxygens (including phenoxy) is 1. The number of sulfonamides is 1. The molecular weight excluding hydrogens is 376 g/mol. The van der Waals surface area contributed by atoms with Crippen molar-refractivity contribution in [2.75, 3.05) is 29.9 Å². The Balaban J connectivity index is 1.68. The first-order valence-corrected chi connectivity index (χ1v) is 10.4. The highest BCUT2D eigenvalue weighted by atomic mass is 32.2. The molecule has 4 rings (SSSR count). The highest BCUT2D eigenvalue weighted by Gasteiger charge is 2.25. The lowest BCUT2D eigenvalue weighted by atomic mass is 10.1. The minimum Gasteiger partial charge on any atom is -0.375 e. The van der Waals surface area contributed by atoms with Crippen LogP contribution in [0.5, 0.6) is 0 Å². The van der Waals surface area contributed by atoms with Gasteiger partial charge < -0.3 is 9.64 Å². The number of nitrogens with zero attached hydrogens (tertiary/aromatic N) is 1. The van der Waals surface area contributed by atoms with E-state index in [-0.39, 0.29) is 17.4 Å². The third-order valence-electron chi connectivity index (χ3n) is 4.84. The maximum absolute atomic E-state index is 13.0. The second kappa shape index (κ2) is 7.26. The van der Waals surface area contributed by atoms with Gasteiger partial charge in [-0.05, 0) is 35.6 Å². The molecule has 1 heterocycles. The minimum atomic E-state index is -3.78. The summed E-state index contributed by atoms with van der Waals surface area (Å²) in [5, 5.41) is 1.52. The van der Waals surface area contributed by atoms with Crippen molar-refractivity contribution in [3.63, 3.8) is 0 Å². The fourth-order valence-electron chi connectivity index (χ4n) is 3.54. The SMILES string of the molecule is COCC(=O)N1CCc2ccc(NS(=O)(=O)c3cccc4ccccc34)cc21. The van der Waals surface area contributed by atoms with E-state index in [1.54, 1.807) is 35.2 Å². The molecule has 0 bridgehead atoms. The number of carbonyl (C=O) groups is 1. The number of rotatable bonds is 5. The number of fused-ring (bicyclic) bond motifs is 2. The quantitative estimate of drug-likeness (QED) is 0.719. The van der Waals surface area contributed by atoms with Gasteiger partial charge in [0.25, 0.3) is 15.9 Å².